The summed E-state index contributed by atoms with van der Waals surface area (Å²) in [5.41, 5.74) is -0.619. The van der Waals surface area contributed by atoms with Crippen LogP contribution in [-0.4, -0.2) is 21.0 Å². The molecule has 0 aliphatic heterocycles. The van der Waals surface area contributed by atoms with Crippen molar-refractivity contribution in [2.75, 3.05) is 0 Å². The highest BCUT2D eigenvalue weighted by Crippen LogP contribution is 2.37. The van der Waals surface area contributed by atoms with Crippen LogP contribution in [0.3, 0.4) is 0 Å². The smallest absolute Gasteiger partial charge is 0.284 e. The van der Waals surface area contributed by atoms with Crippen LogP contribution in [0.25, 0.3) is 0 Å². The van der Waals surface area contributed by atoms with E-state index >= 15 is 0 Å². The van der Waals surface area contributed by atoms with Crippen LogP contribution in [0.4, 0.5) is 5.69 Å². The second-order valence-electron chi connectivity index (χ2n) is 5.80. The fraction of sp³-hybridized carbons (Fsp3) is 0.400. The number of nitrogens with one attached hydrogen (secondary N) is 1. The zero-order valence-corrected chi connectivity index (χ0v) is 14.5. The van der Waals surface area contributed by atoms with Crippen LogP contribution in [0, 0.1) is 17.0 Å². The van der Waals surface area contributed by atoms with E-state index in [1.54, 1.807) is 6.92 Å². The normalized spacial score (nSPS) is 16.1. The van der Waals surface area contributed by atoms with Gasteiger partial charge in [0.1, 0.15) is 5.54 Å². The molecule has 2 aromatic rings. The maximum Gasteiger partial charge on any atom is 0.284 e. The molecule has 3 rings (SSSR count). The van der Waals surface area contributed by atoms with E-state index in [2.05, 4.69) is 31.4 Å². The van der Waals surface area contributed by atoms with Gasteiger partial charge in [-0.05, 0) is 40.9 Å². The molecule has 24 heavy (non-hydrogen) atoms. The van der Waals surface area contributed by atoms with Gasteiger partial charge in [0.15, 0.2) is 5.82 Å². The summed E-state index contributed by atoms with van der Waals surface area (Å²) in [5.74, 6) is 0.497. The van der Waals surface area contributed by atoms with Crippen molar-refractivity contribution in [3.63, 3.8) is 0 Å². The quantitative estimate of drug-likeness (QED) is 0.629. The molecule has 1 N–H and O–H groups in total. The molecule has 1 amide bonds. The Morgan fingerprint density at radius 3 is 2.71 bits per heavy atom. The van der Waals surface area contributed by atoms with Crippen LogP contribution in [0.1, 0.15) is 47.8 Å². The molecule has 0 radical (unpaired) electrons. The Morgan fingerprint density at radius 1 is 1.42 bits per heavy atom. The van der Waals surface area contributed by atoms with Crippen LogP contribution in [0.15, 0.2) is 27.2 Å². The first kappa shape index (κ1) is 16.6. The molecule has 1 fully saturated rings. The van der Waals surface area contributed by atoms with Crippen LogP contribution in [-0.2, 0) is 5.54 Å². The minimum atomic E-state index is -0.684. The number of hydrogen-bond donors (Lipinski definition) is 1. The summed E-state index contributed by atoms with van der Waals surface area (Å²) in [7, 11) is 0. The van der Waals surface area contributed by atoms with Crippen molar-refractivity contribution in [1.29, 1.82) is 0 Å². The molecule has 0 bridgehead atoms. The minimum Gasteiger partial charge on any atom is -0.340 e. The molecule has 1 aromatic carbocycles. The van der Waals surface area contributed by atoms with E-state index in [-0.39, 0.29) is 11.3 Å². The first-order valence-corrected chi connectivity index (χ1v) is 8.28. The van der Waals surface area contributed by atoms with Crippen molar-refractivity contribution in [1.82, 2.24) is 15.5 Å². The molecular formula is C15H15BrN4O4. The van der Waals surface area contributed by atoms with E-state index in [0.717, 1.165) is 12.8 Å². The molecule has 0 saturated heterocycles. The third-order valence-corrected chi connectivity index (χ3v) is 4.84. The number of halogens is 1. The van der Waals surface area contributed by atoms with E-state index in [9.17, 15) is 14.9 Å². The largest absolute Gasteiger partial charge is 0.340 e. The third-order valence-electron chi connectivity index (χ3n) is 4.17. The Hall–Kier alpha value is -2.29. The summed E-state index contributed by atoms with van der Waals surface area (Å²) in [6.07, 6.45) is 3.29. The zero-order chi connectivity index (χ0) is 17.3. The van der Waals surface area contributed by atoms with Crippen LogP contribution in [0.5, 0.6) is 0 Å². The average molecular weight is 395 g/mol. The number of carbonyl (C=O) groups is 1. The number of amides is 1. The summed E-state index contributed by atoms with van der Waals surface area (Å²) in [5, 5.41) is 18.0. The highest BCUT2D eigenvalue weighted by Gasteiger charge is 2.41. The molecule has 1 aromatic heterocycles. The highest BCUT2D eigenvalue weighted by molar-refractivity contribution is 9.10. The van der Waals surface area contributed by atoms with Gasteiger partial charge in [0, 0.05) is 18.6 Å². The minimum absolute atomic E-state index is 0.154. The predicted octanol–water partition coefficient (Wildman–Crippen LogP) is 3.25. The molecule has 0 spiro atoms. The Balaban J connectivity index is 1.90. The van der Waals surface area contributed by atoms with Crippen molar-refractivity contribution < 1.29 is 14.2 Å². The van der Waals surface area contributed by atoms with Gasteiger partial charge in [-0.1, -0.05) is 18.0 Å². The molecule has 9 heteroatoms. The second-order valence-corrected chi connectivity index (χ2v) is 6.66. The second kappa shape index (κ2) is 6.31. The molecule has 126 valence electrons. The average Bonchev–Trinajstić information content (AvgIpc) is 3.17. The fourth-order valence-electron chi connectivity index (χ4n) is 2.96. The maximum absolute atomic E-state index is 12.6. The number of nitro benzene ring substituents is 1. The lowest BCUT2D eigenvalue weighted by Crippen LogP contribution is -2.44. The number of aryl methyl sites for hydroxylation is 1. The summed E-state index contributed by atoms with van der Waals surface area (Å²) >= 11 is 3.11. The number of nitro groups is 1. The van der Waals surface area contributed by atoms with Gasteiger partial charge in [0.25, 0.3) is 11.6 Å². The Labute approximate surface area is 145 Å². The lowest BCUT2D eigenvalue weighted by molar-refractivity contribution is -0.385. The van der Waals surface area contributed by atoms with Gasteiger partial charge >= 0.3 is 0 Å². The SMILES string of the molecule is Cc1nc(C2(NC(=O)c3ccc(Br)c([N+](=O)[O-])c3)CCCC2)no1. The number of aromatic nitrogens is 2. The van der Waals surface area contributed by atoms with E-state index in [0.29, 0.717) is 29.0 Å². The fourth-order valence-corrected chi connectivity index (χ4v) is 3.35. The van der Waals surface area contributed by atoms with E-state index in [1.807, 2.05) is 0 Å². The van der Waals surface area contributed by atoms with Gasteiger partial charge in [-0.3, -0.25) is 14.9 Å². The van der Waals surface area contributed by atoms with Crippen LogP contribution < -0.4 is 5.32 Å². The van der Waals surface area contributed by atoms with Crippen molar-refractivity contribution in [3.05, 3.63) is 50.1 Å². The summed E-state index contributed by atoms with van der Waals surface area (Å²) < 4.78 is 5.37. The van der Waals surface area contributed by atoms with Crippen molar-refractivity contribution in [3.8, 4) is 0 Å². The Bertz CT molecular complexity index is 799. The van der Waals surface area contributed by atoms with Gasteiger partial charge in [-0.15, -0.1) is 0 Å². The van der Waals surface area contributed by atoms with Crippen molar-refractivity contribution in [2.24, 2.45) is 0 Å². The first-order chi connectivity index (χ1) is 11.4. The number of benzene rings is 1. The van der Waals surface area contributed by atoms with Gasteiger partial charge in [-0.2, -0.15) is 4.98 Å². The molecule has 0 atom stereocenters. The lowest BCUT2D eigenvalue weighted by Gasteiger charge is -2.26. The molecule has 1 aliphatic rings. The van der Waals surface area contributed by atoms with Gasteiger partial charge in [0.2, 0.25) is 5.89 Å². The van der Waals surface area contributed by atoms with Gasteiger partial charge in [0.05, 0.1) is 9.40 Å². The highest BCUT2D eigenvalue weighted by atomic mass is 79.9. The van der Waals surface area contributed by atoms with Crippen molar-refractivity contribution in [2.45, 2.75) is 38.1 Å². The van der Waals surface area contributed by atoms with E-state index < -0.39 is 16.4 Å². The predicted molar refractivity (Wildman–Crippen MR) is 87.4 cm³/mol. The summed E-state index contributed by atoms with van der Waals surface area (Å²) in [6, 6.07) is 4.28. The molecule has 1 aliphatic carbocycles. The van der Waals surface area contributed by atoms with Gasteiger partial charge < -0.3 is 9.84 Å². The number of rotatable bonds is 4. The molecule has 1 heterocycles. The third kappa shape index (κ3) is 3.03. The number of carbonyl (C=O) groups excluding carboxylic acids is 1. The molecule has 0 unspecified atom stereocenters. The number of nitrogens with zero attached hydrogens (tertiary/aromatic N) is 3. The number of hydrogen-bond acceptors (Lipinski definition) is 6. The monoisotopic (exact) mass is 394 g/mol. The summed E-state index contributed by atoms with van der Waals surface area (Å²) in [6.45, 7) is 1.69. The molecule has 8 nitrogen and oxygen atoms in total. The summed E-state index contributed by atoms with van der Waals surface area (Å²) in [4.78, 5) is 27.4. The molecular weight excluding hydrogens is 380 g/mol. The standard InChI is InChI=1S/C15H15BrN4O4/c1-9-17-14(19-24-9)15(6-2-3-7-15)18-13(21)10-4-5-11(16)12(8-10)20(22)23/h4-5,8H,2-3,6-7H2,1H3,(H,18,21). The van der Waals surface area contributed by atoms with Crippen LogP contribution >= 0.6 is 15.9 Å². The Morgan fingerprint density at radius 2 is 2.12 bits per heavy atom. The Kier molecular flexibility index (Phi) is 4.35. The zero-order valence-electron chi connectivity index (χ0n) is 12.9. The van der Waals surface area contributed by atoms with Crippen molar-refractivity contribution >= 4 is 27.5 Å². The lowest BCUT2D eigenvalue weighted by atomic mass is 9.96. The first-order valence-electron chi connectivity index (χ1n) is 7.48. The van der Waals surface area contributed by atoms with E-state index in [4.69, 9.17) is 4.52 Å². The van der Waals surface area contributed by atoms with Crippen LogP contribution in [0.2, 0.25) is 0 Å². The maximum atomic E-state index is 12.6. The topological polar surface area (TPSA) is 111 Å². The van der Waals surface area contributed by atoms with Gasteiger partial charge in [-0.25, -0.2) is 0 Å². The van der Waals surface area contributed by atoms with E-state index in [1.165, 1.54) is 18.2 Å². The molecule has 1 saturated carbocycles.